The van der Waals surface area contributed by atoms with E-state index in [9.17, 15) is 24.0 Å². The number of carbonyl (C=O) groups is 5. The van der Waals surface area contributed by atoms with Crippen molar-refractivity contribution < 1.29 is 24.0 Å². The average molecular weight is 607 g/mol. The van der Waals surface area contributed by atoms with Gasteiger partial charge in [0, 0.05) is 25.0 Å². The SMILES string of the molecule is CC(C)[C@H](N)C(=O)N1CCC[C@H]1C(=O)N1CCC[C@@]1(CC(=O)[C@@H](NC(=O)[C@H](C(C)C)N(C)C)C(C)C)C(=O)NC(C)(C)C. The van der Waals surface area contributed by atoms with E-state index in [1.165, 1.54) is 0 Å². The lowest BCUT2D eigenvalue weighted by molar-refractivity contribution is -0.154. The van der Waals surface area contributed by atoms with E-state index in [0.29, 0.717) is 38.8 Å². The van der Waals surface area contributed by atoms with Crippen LogP contribution < -0.4 is 16.4 Å². The van der Waals surface area contributed by atoms with E-state index >= 15 is 0 Å². The highest BCUT2D eigenvalue weighted by Gasteiger charge is 2.54. The molecule has 0 bridgehead atoms. The molecule has 0 aromatic heterocycles. The second-order valence-corrected chi connectivity index (χ2v) is 14.8. The van der Waals surface area contributed by atoms with Gasteiger partial charge >= 0.3 is 0 Å². The predicted octanol–water partition coefficient (Wildman–Crippen LogP) is 1.92. The first kappa shape index (κ1) is 36.7. The van der Waals surface area contributed by atoms with Gasteiger partial charge in [-0.05, 0) is 78.3 Å². The number of Topliss-reactive ketones (excluding diaryl/α,β-unsaturated/α-hetero) is 1. The second-order valence-electron chi connectivity index (χ2n) is 14.8. The van der Waals surface area contributed by atoms with Crippen LogP contribution in [0.2, 0.25) is 0 Å². The molecule has 2 saturated heterocycles. The minimum Gasteiger partial charge on any atom is -0.349 e. The molecule has 0 saturated carbocycles. The van der Waals surface area contributed by atoms with E-state index in [4.69, 9.17) is 5.73 Å². The number of ketones is 1. The molecule has 0 radical (unpaired) electrons. The number of nitrogens with zero attached hydrogens (tertiary/aromatic N) is 3. The zero-order valence-corrected chi connectivity index (χ0v) is 28.5. The van der Waals surface area contributed by atoms with Crippen LogP contribution >= 0.6 is 0 Å². The maximum Gasteiger partial charge on any atom is 0.246 e. The van der Waals surface area contributed by atoms with Crippen LogP contribution in [0, 0.1) is 17.8 Å². The maximum atomic E-state index is 14.3. The van der Waals surface area contributed by atoms with Crippen LogP contribution in [0.15, 0.2) is 0 Å². The lowest BCUT2D eigenvalue weighted by Gasteiger charge is -2.42. The van der Waals surface area contributed by atoms with Crippen LogP contribution in [0.1, 0.15) is 94.4 Å². The summed E-state index contributed by atoms with van der Waals surface area (Å²) in [4.78, 5) is 74.0. The van der Waals surface area contributed by atoms with E-state index in [-0.39, 0.29) is 47.7 Å². The molecule has 2 rings (SSSR count). The first-order chi connectivity index (χ1) is 19.7. The van der Waals surface area contributed by atoms with Gasteiger partial charge in [-0.3, -0.25) is 28.9 Å². The largest absolute Gasteiger partial charge is 0.349 e. The van der Waals surface area contributed by atoms with Crippen molar-refractivity contribution in [2.45, 2.75) is 130 Å². The minimum atomic E-state index is -1.43. The minimum absolute atomic E-state index is 0.0191. The van der Waals surface area contributed by atoms with Crippen LogP contribution in [0.3, 0.4) is 0 Å². The van der Waals surface area contributed by atoms with Gasteiger partial charge in [0.1, 0.15) is 11.6 Å². The van der Waals surface area contributed by atoms with Gasteiger partial charge in [0.15, 0.2) is 5.78 Å². The predicted molar refractivity (Wildman–Crippen MR) is 168 cm³/mol. The van der Waals surface area contributed by atoms with E-state index in [2.05, 4.69) is 10.6 Å². The van der Waals surface area contributed by atoms with E-state index < -0.39 is 41.2 Å². The quantitative estimate of drug-likeness (QED) is 0.308. The van der Waals surface area contributed by atoms with Gasteiger partial charge in [-0.2, -0.15) is 0 Å². The molecule has 0 spiro atoms. The molecule has 2 fully saturated rings. The Morgan fingerprint density at radius 3 is 2.02 bits per heavy atom. The fourth-order valence-electron chi connectivity index (χ4n) is 6.49. The van der Waals surface area contributed by atoms with Crippen molar-refractivity contribution in [3.63, 3.8) is 0 Å². The lowest BCUT2D eigenvalue weighted by atomic mass is 9.83. The third-order valence-corrected chi connectivity index (χ3v) is 8.72. The Balaban J connectivity index is 2.47. The number of likely N-dealkylation sites (N-methyl/N-ethyl adjacent to an activating group) is 1. The van der Waals surface area contributed by atoms with Crippen molar-refractivity contribution >= 4 is 29.4 Å². The van der Waals surface area contributed by atoms with Gasteiger partial charge < -0.3 is 26.2 Å². The van der Waals surface area contributed by atoms with Crippen molar-refractivity contribution in [1.82, 2.24) is 25.3 Å². The molecule has 11 heteroatoms. The summed E-state index contributed by atoms with van der Waals surface area (Å²) in [5, 5.41) is 6.00. The zero-order valence-electron chi connectivity index (χ0n) is 28.5. The lowest BCUT2D eigenvalue weighted by Crippen LogP contribution is -2.65. The van der Waals surface area contributed by atoms with Crippen molar-refractivity contribution in [1.29, 1.82) is 0 Å². The monoisotopic (exact) mass is 606 g/mol. The van der Waals surface area contributed by atoms with Crippen LogP contribution in [0.25, 0.3) is 0 Å². The van der Waals surface area contributed by atoms with Gasteiger partial charge in [0.05, 0.1) is 18.1 Å². The average Bonchev–Trinajstić information content (AvgIpc) is 3.52. The molecule has 5 atom stereocenters. The number of likely N-dealkylation sites (tertiary alicyclic amines) is 2. The van der Waals surface area contributed by atoms with E-state index in [1.807, 2.05) is 81.3 Å². The van der Waals surface area contributed by atoms with Crippen molar-refractivity contribution in [3.05, 3.63) is 0 Å². The fourth-order valence-corrected chi connectivity index (χ4v) is 6.49. The van der Waals surface area contributed by atoms with Gasteiger partial charge in [-0.15, -0.1) is 0 Å². The molecule has 2 aliphatic rings. The molecule has 0 aromatic rings. The summed E-state index contributed by atoms with van der Waals surface area (Å²) in [6.45, 7) is 17.7. The number of hydrogen-bond acceptors (Lipinski definition) is 7. The third-order valence-electron chi connectivity index (χ3n) is 8.72. The Morgan fingerprint density at radius 1 is 0.930 bits per heavy atom. The Kier molecular flexibility index (Phi) is 12.4. The first-order valence-electron chi connectivity index (χ1n) is 15.9. The Labute approximate surface area is 259 Å². The molecule has 246 valence electrons. The van der Waals surface area contributed by atoms with Crippen LogP contribution in [0.4, 0.5) is 0 Å². The van der Waals surface area contributed by atoms with Crippen LogP contribution in [-0.2, 0) is 24.0 Å². The first-order valence-corrected chi connectivity index (χ1v) is 15.9. The molecule has 4 amide bonds. The number of carbonyl (C=O) groups excluding carboxylic acids is 5. The highest BCUT2D eigenvalue weighted by molar-refractivity contribution is 6.01. The van der Waals surface area contributed by atoms with E-state index in [1.54, 1.807) is 9.80 Å². The zero-order chi connectivity index (χ0) is 33.0. The number of nitrogens with one attached hydrogen (secondary N) is 2. The number of rotatable bonds is 12. The summed E-state index contributed by atoms with van der Waals surface area (Å²) in [6.07, 6.45) is 1.75. The normalized spacial score (nSPS) is 23.2. The highest BCUT2D eigenvalue weighted by Crippen LogP contribution is 2.37. The molecule has 0 unspecified atom stereocenters. The second kappa shape index (κ2) is 14.5. The topological polar surface area (TPSA) is 145 Å². The highest BCUT2D eigenvalue weighted by atomic mass is 16.2. The standard InChI is InChI=1S/C32H58N6O5/c1-19(2)24(33)29(42)37-16-12-14-22(37)28(41)38-17-13-15-32(38,30(43)35-31(7,8)9)18-23(39)25(20(3)4)34-27(40)26(21(5)6)36(10)11/h19-22,24-26H,12-18,33H2,1-11H3,(H,34,40)(H,35,43)/t22-,24-,25-,26-,32+/m0/s1. The maximum absolute atomic E-state index is 14.3. The van der Waals surface area contributed by atoms with Gasteiger partial charge in [-0.25, -0.2) is 0 Å². The summed E-state index contributed by atoms with van der Waals surface area (Å²) in [5.41, 5.74) is 4.15. The summed E-state index contributed by atoms with van der Waals surface area (Å²) >= 11 is 0. The smallest absolute Gasteiger partial charge is 0.246 e. The van der Waals surface area contributed by atoms with Gasteiger partial charge in [0.2, 0.25) is 23.6 Å². The van der Waals surface area contributed by atoms with Crippen LogP contribution in [-0.4, -0.2) is 107 Å². The molecule has 11 nitrogen and oxygen atoms in total. The summed E-state index contributed by atoms with van der Waals surface area (Å²) in [7, 11) is 3.66. The molecular weight excluding hydrogens is 548 g/mol. The number of amides is 4. The molecule has 2 aliphatic heterocycles. The molecule has 0 aliphatic carbocycles. The molecule has 0 aromatic carbocycles. The number of hydrogen-bond donors (Lipinski definition) is 3. The molecule has 4 N–H and O–H groups in total. The van der Waals surface area contributed by atoms with Crippen molar-refractivity contribution in [3.8, 4) is 0 Å². The molecule has 43 heavy (non-hydrogen) atoms. The Morgan fingerprint density at radius 2 is 1.53 bits per heavy atom. The Bertz CT molecular complexity index is 1030. The van der Waals surface area contributed by atoms with Crippen LogP contribution in [0.5, 0.6) is 0 Å². The van der Waals surface area contributed by atoms with Crippen molar-refractivity contribution in [2.75, 3.05) is 27.2 Å². The van der Waals surface area contributed by atoms with E-state index in [0.717, 1.165) is 0 Å². The number of nitrogens with two attached hydrogens (primary N) is 1. The fraction of sp³-hybridized carbons (Fsp3) is 0.844. The summed E-state index contributed by atoms with van der Waals surface area (Å²) in [6, 6.07) is -2.73. The van der Waals surface area contributed by atoms with Gasteiger partial charge in [-0.1, -0.05) is 41.5 Å². The third kappa shape index (κ3) is 8.56. The summed E-state index contributed by atoms with van der Waals surface area (Å²) in [5.74, 6) is -1.84. The summed E-state index contributed by atoms with van der Waals surface area (Å²) < 4.78 is 0. The van der Waals surface area contributed by atoms with Gasteiger partial charge in [0.25, 0.3) is 0 Å². The Hall–Kier alpha value is -2.53. The molecule has 2 heterocycles. The molecular formula is C32H58N6O5. The van der Waals surface area contributed by atoms with Crippen molar-refractivity contribution in [2.24, 2.45) is 23.5 Å².